The zero-order valence-electron chi connectivity index (χ0n) is 24.8. The first-order valence-corrected chi connectivity index (χ1v) is 15.2. The number of carbonyl (C=O) groups excluding carboxylic acids is 1. The third-order valence-electron chi connectivity index (χ3n) is 6.77. The van der Waals surface area contributed by atoms with Crippen LogP contribution in [0.1, 0.15) is 60.7 Å². The highest BCUT2D eigenvalue weighted by molar-refractivity contribution is 8.00. The van der Waals surface area contributed by atoms with E-state index in [1.807, 2.05) is 31.2 Å². The molecule has 0 saturated carbocycles. The van der Waals surface area contributed by atoms with E-state index in [1.165, 1.54) is 31.2 Å². The van der Waals surface area contributed by atoms with Crippen molar-refractivity contribution in [1.82, 2.24) is 0 Å². The Hall–Kier alpha value is -4.74. The van der Waals surface area contributed by atoms with Gasteiger partial charge >= 0.3 is 6.16 Å². The van der Waals surface area contributed by atoms with E-state index in [0.717, 1.165) is 25.3 Å². The summed E-state index contributed by atoms with van der Waals surface area (Å²) in [6.07, 6.45) is 10.8. The van der Waals surface area contributed by atoms with Crippen LogP contribution >= 0.6 is 11.8 Å². The number of thioether (sulfide) groups is 1. The normalized spacial score (nSPS) is 13.0. The zero-order valence-corrected chi connectivity index (χ0v) is 25.6. The highest BCUT2D eigenvalue weighted by atomic mass is 32.2. The molecule has 0 aliphatic heterocycles. The van der Waals surface area contributed by atoms with Crippen LogP contribution in [0.2, 0.25) is 0 Å². The molecule has 236 valence electrons. The van der Waals surface area contributed by atoms with Crippen LogP contribution in [0.3, 0.4) is 0 Å². The number of fused-ring (bicyclic) bond motifs is 1. The van der Waals surface area contributed by atoms with Crippen molar-refractivity contribution >= 4 is 34.7 Å². The molecule has 11 heteroatoms. The van der Waals surface area contributed by atoms with E-state index in [1.54, 1.807) is 36.4 Å². The third-order valence-corrected chi connectivity index (χ3v) is 7.99. The minimum absolute atomic E-state index is 0.0119. The summed E-state index contributed by atoms with van der Waals surface area (Å²) in [5.41, 5.74) is 1.23. The number of unbranched alkanes of at least 4 members (excludes halogenated alkanes) is 1. The van der Waals surface area contributed by atoms with Gasteiger partial charge in [0.1, 0.15) is 17.1 Å². The van der Waals surface area contributed by atoms with E-state index in [2.05, 4.69) is 4.74 Å². The van der Waals surface area contributed by atoms with Gasteiger partial charge in [0.25, 0.3) is 5.95 Å². The number of carboxylic acid groups (broad SMARTS) is 1. The largest absolute Gasteiger partial charge is 0.513 e. The molecule has 0 amide bonds. The number of hydrogen-bond acceptors (Lipinski definition) is 10. The Labute approximate surface area is 263 Å². The Morgan fingerprint density at radius 3 is 2.64 bits per heavy atom. The lowest BCUT2D eigenvalue weighted by Crippen LogP contribution is -2.12. The molecule has 10 nitrogen and oxygen atoms in total. The summed E-state index contributed by atoms with van der Waals surface area (Å²) >= 11 is 1.32. The van der Waals surface area contributed by atoms with Gasteiger partial charge in [-0.3, -0.25) is 9.59 Å². The topological polar surface area (TPSA) is 157 Å². The summed E-state index contributed by atoms with van der Waals surface area (Å²) in [7, 11) is 0. The molecule has 0 radical (unpaired) electrons. The number of benzene rings is 2. The lowest BCUT2D eigenvalue weighted by molar-refractivity contribution is 0.101. The number of phenols is 1. The van der Waals surface area contributed by atoms with Crippen molar-refractivity contribution in [3.8, 4) is 17.4 Å². The molecular weight excluding hydrogens is 600 g/mol. The summed E-state index contributed by atoms with van der Waals surface area (Å²) < 4.78 is 21.0. The van der Waals surface area contributed by atoms with E-state index in [4.69, 9.17) is 18.7 Å². The van der Waals surface area contributed by atoms with Crippen LogP contribution < -0.4 is 14.9 Å². The Bertz CT molecular complexity index is 1740. The molecule has 4 aromatic rings. The molecule has 0 aliphatic carbocycles. The zero-order chi connectivity index (χ0) is 32.3. The van der Waals surface area contributed by atoms with Crippen LogP contribution in [-0.2, 0) is 6.42 Å². The Morgan fingerprint density at radius 1 is 1.11 bits per heavy atom. The number of ketones is 1. The number of allylic oxidation sites excluding steroid dienone is 3. The van der Waals surface area contributed by atoms with Gasteiger partial charge in [-0.05, 0) is 62.6 Å². The van der Waals surface area contributed by atoms with Crippen LogP contribution in [0, 0.1) is 0 Å². The number of aliphatic hydroxyl groups is 1. The van der Waals surface area contributed by atoms with Crippen molar-refractivity contribution in [3.05, 3.63) is 106 Å². The fraction of sp³-hybridized carbons (Fsp3) is 0.265. The maximum absolute atomic E-state index is 12.4. The molecule has 2 heterocycles. The molecule has 0 spiro atoms. The average molecular weight is 635 g/mol. The lowest BCUT2D eigenvalue weighted by atomic mass is 10.0. The van der Waals surface area contributed by atoms with E-state index < -0.39 is 28.9 Å². The van der Waals surface area contributed by atoms with Crippen molar-refractivity contribution in [1.29, 1.82) is 0 Å². The second kappa shape index (κ2) is 15.8. The lowest BCUT2D eigenvalue weighted by Gasteiger charge is -2.18. The number of hydrogen-bond donors (Lipinski definition) is 3. The number of furan rings is 1. The van der Waals surface area contributed by atoms with Gasteiger partial charge in [-0.2, -0.15) is 0 Å². The highest BCUT2D eigenvalue weighted by Crippen LogP contribution is 2.35. The van der Waals surface area contributed by atoms with Gasteiger partial charge in [-0.25, -0.2) is 4.79 Å². The van der Waals surface area contributed by atoms with Gasteiger partial charge in [0.2, 0.25) is 0 Å². The fourth-order valence-electron chi connectivity index (χ4n) is 4.58. The quantitative estimate of drug-likeness (QED) is 0.0392. The molecule has 2 unspecified atom stereocenters. The van der Waals surface area contributed by atoms with E-state index in [0.29, 0.717) is 40.4 Å². The molecule has 0 saturated heterocycles. The Kier molecular flexibility index (Phi) is 11.7. The van der Waals surface area contributed by atoms with Crippen molar-refractivity contribution in [2.24, 2.45) is 0 Å². The summed E-state index contributed by atoms with van der Waals surface area (Å²) in [6.45, 7) is 3.85. The summed E-state index contributed by atoms with van der Waals surface area (Å²) in [5.74, 6) is -0.0603. The van der Waals surface area contributed by atoms with Crippen LogP contribution in [0.25, 0.3) is 11.0 Å². The first-order chi connectivity index (χ1) is 21.7. The number of phenolic OH excluding ortho intramolecular Hbond substituents is 1. The predicted molar refractivity (Wildman–Crippen MR) is 170 cm³/mol. The second-order valence-corrected chi connectivity index (χ2v) is 11.3. The standard InChI is InChI=1S/C34H34O10S/c1-3-9-26-28(14-13-24(21(2)35)33(26)38)42-16-8-6-4-5-7-10-30(32(37)22-15-17-41-20-22)45-23-11-12-25-27(36)19-31(44-34(39)40)43-29(25)18-23/h4-5,7,10-15,17-20,30,32,37-38H,3,6,8-9,16H2,1-2H3,(H,39,40)/b5-4-,10-7+. The van der Waals surface area contributed by atoms with Crippen LogP contribution in [0.4, 0.5) is 4.79 Å². The van der Waals surface area contributed by atoms with Crippen molar-refractivity contribution in [2.45, 2.75) is 55.8 Å². The number of aromatic hydroxyl groups is 1. The monoisotopic (exact) mass is 634 g/mol. The predicted octanol–water partition coefficient (Wildman–Crippen LogP) is 7.47. The molecule has 0 aliphatic rings. The number of ether oxygens (including phenoxy) is 2. The second-order valence-electron chi connectivity index (χ2n) is 10.1. The molecule has 0 fully saturated rings. The molecule has 2 atom stereocenters. The first kappa shape index (κ1) is 33.2. The SMILES string of the molecule is CCCc1c(OCCC/C=C\C=C\C(Sc2ccc3c(=O)cc(OC(=O)O)oc3c2)C(O)c2ccoc2)ccc(C(C)=O)c1O. The van der Waals surface area contributed by atoms with Gasteiger partial charge in [-0.15, -0.1) is 11.8 Å². The van der Waals surface area contributed by atoms with E-state index >= 15 is 0 Å². The average Bonchev–Trinajstić information content (AvgIpc) is 3.53. The third kappa shape index (κ3) is 8.90. The van der Waals surface area contributed by atoms with Gasteiger partial charge in [0.15, 0.2) is 11.2 Å². The first-order valence-electron chi connectivity index (χ1n) is 14.3. The number of carbonyl (C=O) groups is 2. The minimum Gasteiger partial charge on any atom is -0.507 e. The highest BCUT2D eigenvalue weighted by Gasteiger charge is 2.21. The molecule has 0 bridgehead atoms. The van der Waals surface area contributed by atoms with Crippen LogP contribution in [-0.4, -0.2) is 39.1 Å². The summed E-state index contributed by atoms with van der Waals surface area (Å²) in [6, 6.07) is 10.9. The summed E-state index contributed by atoms with van der Waals surface area (Å²) in [4.78, 5) is 35.7. The van der Waals surface area contributed by atoms with Crippen molar-refractivity contribution in [2.75, 3.05) is 6.61 Å². The maximum atomic E-state index is 12.4. The molecule has 2 aromatic heterocycles. The summed E-state index contributed by atoms with van der Waals surface area (Å²) in [5, 5.41) is 30.3. The van der Waals surface area contributed by atoms with E-state index in [-0.39, 0.29) is 22.5 Å². The smallest absolute Gasteiger partial charge is 0.507 e. The van der Waals surface area contributed by atoms with Gasteiger partial charge in [0.05, 0.1) is 47.5 Å². The molecular formula is C34H34O10S. The van der Waals surface area contributed by atoms with Crippen molar-refractivity contribution < 1.29 is 43.2 Å². The fourth-order valence-corrected chi connectivity index (χ4v) is 5.67. The van der Waals surface area contributed by atoms with Gasteiger partial charge in [-0.1, -0.05) is 37.6 Å². The van der Waals surface area contributed by atoms with Gasteiger partial charge in [0, 0.05) is 16.0 Å². The Balaban J connectivity index is 1.40. The van der Waals surface area contributed by atoms with Crippen molar-refractivity contribution in [3.63, 3.8) is 0 Å². The van der Waals surface area contributed by atoms with Crippen LogP contribution in [0.5, 0.6) is 17.4 Å². The molecule has 45 heavy (non-hydrogen) atoms. The van der Waals surface area contributed by atoms with Gasteiger partial charge < -0.3 is 33.6 Å². The minimum atomic E-state index is -1.60. The maximum Gasteiger partial charge on any atom is 0.513 e. The van der Waals surface area contributed by atoms with Crippen LogP contribution in [0.15, 0.2) is 97.8 Å². The molecule has 2 aromatic carbocycles. The number of rotatable bonds is 15. The van der Waals surface area contributed by atoms with E-state index in [9.17, 15) is 24.6 Å². The molecule has 3 N–H and O–H groups in total. The molecule has 4 rings (SSSR count). The number of Topliss-reactive ketones (excluding diaryl/α,β-unsaturated/α-hetero) is 1. The Morgan fingerprint density at radius 2 is 1.93 bits per heavy atom. The number of aliphatic hydroxyl groups excluding tert-OH is 1.